The van der Waals surface area contributed by atoms with Gasteiger partial charge in [0, 0.05) is 6.42 Å². The van der Waals surface area contributed by atoms with Gasteiger partial charge in [-0.05, 0) is 19.3 Å². The fraction of sp³-hybridized carbons (Fsp3) is 0.929. The molecule has 0 aliphatic rings. The van der Waals surface area contributed by atoms with Crippen LogP contribution in [0.15, 0.2) is 0 Å². The van der Waals surface area contributed by atoms with E-state index >= 15 is 0 Å². The van der Waals surface area contributed by atoms with Gasteiger partial charge in [0.25, 0.3) is 0 Å². The molecule has 0 bridgehead atoms. The van der Waals surface area contributed by atoms with Gasteiger partial charge in [-0.1, -0.05) is 45.4 Å². The lowest BCUT2D eigenvalue weighted by molar-refractivity contribution is -0.137. The lowest BCUT2D eigenvalue weighted by Gasteiger charge is -2.17. The molecular formula is C14H28O4. The van der Waals surface area contributed by atoms with Crippen LogP contribution in [0.2, 0.25) is 0 Å². The Hall–Kier alpha value is -0.610. The van der Waals surface area contributed by atoms with Crippen molar-refractivity contribution in [3.63, 3.8) is 0 Å². The average Bonchev–Trinajstić information content (AvgIpc) is 2.34. The van der Waals surface area contributed by atoms with Crippen molar-refractivity contribution in [3.8, 4) is 0 Å². The highest BCUT2D eigenvalue weighted by Crippen LogP contribution is 2.13. The Labute approximate surface area is 110 Å². The zero-order valence-corrected chi connectivity index (χ0v) is 11.5. The van der Waals surface area contributed by atoms with Crippen LogP contribution in [0.3, 0.4) is 0 Å². The molecule has 3 N–H and O–H groups in total. The molecule has 4 heteroatoms. The van der Waals surface area contributed by atoms with E-state index in [1.807, 2.05) is 0 Å². The van der Waals surface area contributed by atoms with Crippen LogP contribution in [-0.4, -0.2) is 33.5 Å². The Balaban J connectivity index is 3.34. The normalized spacial score (nSPS) is 14.4. The summed E-state index contributed by atoms with van der Waals surface area (Å²) < 4.78 is 0. The van der Waals surface area contributed by atoms with Gasteiger partial charge in [0.2, 0.25) is 0 Å². The van der Waals surface area contributed by atoms with E-state index in [1.54, 1.807) is 0 Å². The number of aliphatic carboxylic acids is 1. The number of unbranched alkanes of at least 4 members (excludes halogenated alkanes) is 5. The Morgan fingerprint density at radius 2 is 1.39 bits per heavy atom. The summed E-state index contributed by atoms with van der Waals surface area (Å²) in [6.45, 7) is 2.07. The highest BCUT2D eigenvalue weighted by Gasteiger charge is 2.14. The predicted octanol–water partition coefficient (Wildman–Crippen LogP) is 2.71. The maximum atomic E-state index is 10.3. The van der Waals surface area contributed by atoms with Crippen molar-refractivity contribution in [3.05, 3.63) is 0 Å². The molecule has 0 amide bonds. The molecule has 108 valence electrons. The summed E-state index contributed by atoms with van der Waals surface area (Å²) >= 11 is 0. The van der Waals surface area contributed by atoms with Crippen molar-refractivity contribution in [2.75, 3.05) is 0 Å². The van der Waals surface area contributed by atoms with Crippen molar-refractivity contribution >= 4 is 5.97 Å². The summed E-state index contributed by atoms with van der Waals surface area (Å²) in [6.07, 6.45) is 6.93. The Kier molecular flexibility index (Phi) is 11.1. The number of aliphatic hydroxyl groups is 2. The zero-order chi connectivity index (χ0) is 13.8. The van der Waals surface area contributed by atoms with Crippen LogP contribution in [0.1, 0.15) is 71.1 Å². The van der Waals surface area contributed by atoms with E-state index in [0.29, 0.717) is 12.8 Å². The molecule has 2 atom stereocenters. The topological polar surface area (TPSA) is 77.8 Å². The molecule has 0 saturated carbocycles. The first kappa shape index (κ1) is 17.4. The van der Waals surface area contributed by atoms with Gasteiger partial charge in [-0.25, -0.2) is 0 Å². The third-order valence-corrected chi connectivity index (χ3v) is 3.19. The number of hydrogen-bond donors (Lipinski definition) is 3. The van der Waals surface area contributed by atoms with E-state index in [0.717, 1.165) is 44.9 Å². The van der Waals surface area contributed by atoms with Gasteiger partial charge < -0.3 is 15.3 Å². The van der Waals surface area contributed by atoms with Gasteiger partial charge in [-0.3, -0.25) is 4.79 Å². The maximum Gasteiger partial charge on any atom is 0.303 e. The van der Waals surface area contributed by atoms with Crippen molar-refractivity contribution in [1.29, 1.82) is 0 Å². The van der Waals surface area contributed by atoms with Gasteiger partial charge in [0.05, 0.1) is 12.2 Å². The quantitative estimate of drug-likeness (QED) is 0.471. The Bertz CT molecular complexity index is 206. The molecule has 0 spiro atoms. The lowest BCUT2D eigenvalue weighted by Crippen LogP contribution is -2.25. The van der Waals surface area contributed by atoms with E-state index < -0.39 is 18.2 Å². The minimum Gasteiger partial charge on any atom is -0.481 e. The summed E-state index contributed by atoms with van der Waals surface area (Å²) in [7, 11) is 0. The number of carboxylic acids is 1. The highest BCUT2D eigenvalue weighted by atomic mass is 16.4. The van der Waals surface area contributed by atoms with Crippen molar-refractivity contribution in [1.82, 2.24) is 0 Å². The molecule has 18 heavy (non-hydrogen) atoms. The van der Waals surface area contributed by atoms with E-state index in [9.17, 15) is 15.0 Å². The molecule has 0 aliphatic carbocycles. The van der Waals surface area contributed by atoms with Crippen LogP contribution < -0.4 is 0 Å². The highest BCUT2D eigenvalue weighted by molar-refractivity contribution is 5.66. The second kappa shape index (κ2) is 11.5. The molecule has 4 nitrogen and oxygen atoms in total. The third-order valence-electron chi connectivity index (χ3n) is 3.19. The van der Waals surface area contributed by atoms with Crippen LogP contribution >= 0.6 is 0 Å². The lowest BCUT2D eigenvalue weighted by atomic mass is 10.0. The smallest absolute Gasteiger partial charge is 0.303 e. The summed E-state index contributed by atoms with van der Waals surface area (Å²) in [6, 6.07) is 0. The maximum absolute atomic E-state index is 10.3. The molecule has 0 fully saturated rings. The van der Waals surface area contributed by atoms with Crippen LogP contribution in [0.5, 0.6) is 0 Å². The van der Waals surface area contributed by atoms with E-state index in [-0.39, 0.29) is 6.42 Å². The number of carbonyl (C=O) groups is 1. The molecule has 0 aliphatic heterocycles. The predicted molar refractivity (Wildman–Crippen MR) is 71.5 cm³/mol. The first-order valence-electron chi connectivity index (χ1n) is 7.15. The monoisotopic (exact) mass is 260 g/mol. The fourth-order valence-electron chi connectivity index (χ4n) is 1.96. The standard InChI is InChI=1S/C14H28O4/c1-2-3-9-12(15)13(16)10-7-5-4-6-8-11-14(17)18/h12-13,15-16H,2-11H2,1H3,(H,17,18). The van der Waals surface area contributed by atoms with Crippen LogP contribution in [0, 0.1) is 0 Å². The molecule has 0 radical (unpaired) electrons. The number of hydrogen-bond acceptors (Lipinski definition) is 3. The van der Waals surface area contributed by atoms with Crippen LogP contribution in [0.25, 0.3) is 0 Å². The molecule has 0 saturated heterocycles. The van der Waals surface area contributed by atoms with Crippen LogP contribution in [0.4, 0.5) is 0 Å². The Morgan fingerprint density at radius 3 is 1.94 bits per heavy atom. The fourth-order valence-corrected chi connectivity index (χ4v) is 1.96. The third kappa shape index (κ3) is 10.5. The molecule has 2 unspecified atom stereocenters. The summed E-state index contributed by atoms with van der Waals surface area (Å²) in [4.78, 5) is 10.3. The van der Waals surface area contributed by atoms with E-state index in [4.69, 9.17) is 5.11 Å². The summed E-state index contributed by atoms with van der Waals surface area (Å²) in [5.41, 5.74) is 0. The number of aliphatic hydroxyl groups excluding tert-OH is 2. The molecular weight excluding hydrogens is 232 g/mol. The Morgan fingerprint density at radius 1 is 0.889 bits per heavy atom. The average molecular weight is 260 g/mol. The second-order valence-electron chi connectivity index (χ2n) is 4.98. The first-order valence-corrected chi connectivity index (χ1v) is 7.15. The van der Waals surface area contributed by atoms with E-state index in [1.165, 1.54) is 0 Å². The summed E-state index contributed by atoms with van der Waals surface area (Å²) in [5, 5.41) is 27.8. The van der Waals surface area contributed by atoms with Gasteiger partial charge in [0.15, 0.2) is 0 Å². The van der Waals surface area contributed by atoms with Crippen molar-refractivity contribution < 1.29 is 20.1 Å². The molecule has 0 aromatic carbocycles. The minimum atomic E-state index is -0.732. The molecule has 0 heterocycles. The number of rotatable bonds is 12. The first-order chi connectivity index (χ1) is 8.57. The number of carboxylic acid groups (broad SMARTS) is 1. The van der Waals surface area contributed by atoms with Gasteiger partial charge in [0.1, 0.15) is 0 Å². The minimum absolute atomic E-state index is 0.248. The SMILES string of the molecule is CCCCC(O)C(O)CCCCCCCC(=O)O. The summed E-state index contributed by atoms with van der Waals surface area (Å²) in [5.74, 6) is -0.732. The van der Waals surface area contributed by atoms with Crippen molar-refractivity contribution in [2.24, 2.45) is 0 Å². The molecule has 0 aromatic heterocycles. The van der Waals surface area contributed by atoms with Gasteiger partial charge in [-0.15, -0.1) is 0 Å². The van der Waals surface area contributed by atoms with Gasteiger partial charge >= 0.3 is 5.97 Å². The van der Waals surface area contributed by atoms with Gasteiger partial charge in [-0.2, -0.15) is 0 Å². The largest absolute Gasteiger partial charge is 0.481 e. The van der Waals surface area contributed by atoms with Crippen LogP contribution in [-0.2, 0) is 4.79 Å². The second-order valence-corrected chi connectivity index (χ2v) is 4.98. The van der Waals surface area contributed by atoms with E-state index in [2.05, 4.69) is 6.92 Å². The molecule has 0 rings (SSSR count). The molecule has 0 aromatic rings. The van der Waals surface area contributed by atoms with Crippen molar-refractivity contribution in [2.45, 2.75) is 83.3 Å². The zero-order valence-electron chi connectivity index (χ0n) is 11.5.